The van der Waals surface area contributed by atoms with Gasteiger partial charge in [-0.3, -0.25) is 0 Å². The van der Waals surface area contributed by atoms with Gasteiger partial charge in [0.05, 0.1) is 6.07 Å². The van der Waals surface area contributed by atoms with Crippen LogP contribution >= 0.6 is 11.6 Å². The fraction of sp³-hybridized carbons (Fsp3) is 0.143. The molecule has 0 aliphatic heterocycles. The van der Waals surface area contributed by atoms with E-state index >= 15 is 0 Å². The maximum atomic E-state index is 11.7. The van der Waals surface area contributed by atoms with Crippen LogP contribution in [-0.2, 0) is 0 Å². The summed E-state index contributed by atoms with van der Waals surface area (Å²) in [4.78, 5) is 12.9. The van der Waals surface area contributed by atoms with Gasteiger partial charge in [0.2, 0.25) is 0 Å². The lowest BCUT2D eigenvalue weighted by atomic mass is 10.3. The molecule has 2 rings (SSSR count). The molecule has 0 saturated heterocycles. The number of halogens is 1. The predicted octanol–water partition coefficient (Wildman–Crippen LogP) is 2.86. The summed E-state index contributed by atoms with van der Waals surface area (Å²) in [6.45, 7) is 0. The molecule has 0 radical (unpaired) electrons. The molecular formula is C14H14ClN3O3. The molecule has 110 valence electrons. The van der Waals surface area contributed by atoms with E-state index in [2.05, 4.69) is 5.32 Å². The van der Waals surface area contributed by atoms with Crippen LogP contribution in [0.4, 0.5) is 10.5 Å². The number of urea groups is 1. The quantitative estimate of drug-likeness (QED) is 0.538. The van der Waals surface area contributed by atoms with Gasteiger partial charge in [0, 0.05) is 25.8 Å². The Kier molecular flexibility index (Phi) is 4.49. The summed E-state index contributed by atoms with van der Waals surface area (Å²) < 4.78 is 5.93. The lowest BCUT2D eigenvalue weighted by molar-refractivity contribution is -0.608. The lowest BCUT2D eigenvalue weighted by Gasteiger charge is -2.12. The van der Waals surface area contributed by atoms with Crippen LogP contribution in [0, 0.1) is 5.21 Å². The van der Waals surface area contributed by atoms with Crippen molar-refractivity contribution >= 4 is 23.3 Å². The Bertz CT molecular complexity index is 644. The van der Waals surface area contributed by atoms with Crippen molar-refractivity contribution in [1.29, 1.82) is 0 Å². The van der Waals surface area contributed by atoms with E-state index in [1.54, 1.807) is 44.4 Å². The van der Waals surface area contributed by atoms with E-state index in [0.29, 0.717) is 16.2 Å². The van der Waals surface area contributed by atoms with Crippen molar-refractivity contribution in [2.45, 2.75) is 0 Å². The first kappa shape index (κ1) is 14.9. The molecule has 0 aliphatic carbocycles. The van der Waals surface area contributed by atoms with Gasteiger partial charge < -0.3 is 20.2 Å². The number of hydrogen-bond acceptors (Lipinski definition) is 3. The van der Waals surface area contributed by atoms with Crippen molar-refractivity contribution in [1.82, 2.24) is 4.90 Å². The van der Waals surface area contributed by atoms with Crippen molar-refractivity contribution in [3.05, 3.63) is 52.8 Å². The molecular weight excluding hydrogens is 294 g/mol. The van der Waals surface area contributed by atoms with Gasteiger partial charge in [0.25, 0.3) is 5.15 Å². The van der Waals surface area contributed by atoms with E-state index < -0.39 is 0 Å². The molecule has 1 aromatic carbocycles. The monoisotopic (exact) mass is 307 g/mol. The maximum Gasteiger partial charge on any atom is 0.386 e. The summed E-state index contributed by atoms with van der Waals surface area (Å²) in [6, 6.07) is 11.0. The average Bonchev–Trinajstić information content (AvgIpc) is 2.46. The molecule has 7 heteroatoms. The van der Waals surface area contributed by atoms with E-state index in [0.717, 1.165) is 0 Å². The first-order valence-corrected chi connectivity index (χ1v) is 6.49. The molecule has 2 amide bonds. The normalized spacial score (nSPS) is 10.0. The van der Waals surface area contributed by atoms with Crippen LogP contribution in [0.1, 0.15) is 0 Å². The predicted molar refractivity (Wildman–Crippen MR) is 79.6 cm³/mol. The van der Waals surface area contributed by atoms with Gasteiger partial charge in [0.1, 0.15) is 5.75 Å². The number of amides is 2. The third kappa shape index (κ3) is 3.76. The van der Waals surface area contributed by atoms with Crippen molar-refractivity contribution in [3.8, 4) is 11.6 Å². The molecule has 1 heterocycles. The molecule has 0 saturated carbocycles. The van der Waals surface area contributed by atoms with Gasteiger partial charge in [-0.2, -0.15) is 0 Å². The van der Waals surface area contributed by atoms with Gasteiger partial charge in [-0.15, -0.1) is 4.73 Å². The van der Waals surface area contributed by atoms with Crippen molar-refractivity contribution in [2.75, 3.05) is 19.4 Å². The summed E-state index contributed by atoms with van der Waals surface area (Å²) >= 11 is 5.71. The highest BCUT2D eigenvalue weighted by Gasteiger charge is 2.11. The number of ether oxygens (including phenoxy) is 1. The topological polar surface area (TPSA) is 68.5 Å². The number of anilines is 1. The van der Waals surface area contributed by atoms with Crippen molar-refractivity contribution in [3.63, 3.8) is 0 Å². The average molecular weight is 308 g/mol. The molecule has 0 bridgehead atoms. The second-order valence-electron chi connectivity index (χ2n) is 4.43. The summed E-state index contributed by atoms with van der Waals surface area (Å²) in [5.41, 5.74) is 0.627. The second kappa shape index (κ2) is 6.32. The molecule has 0 atom stereocenters. The largest absolute Gasteiger partial charge is 0.615 e. The second-order valence-corrected chi connectivity index (χ2v) is 4.82. The number of rotatable bonds is 3. The zero-order chi connectivity index (χ0) is 15.4. The van der Waals surface area contributed by atoms with Gasteiger partial charge in [-0.25, -0.2) is 4.79 Å². The maximum absolute atomic E-state index is 11.7. The Labute approximate surface area is 127 Å². The van der Waals surface area contributed by atoms with E-state index in [1.807, 2.05) is 0 Å². The highest BCUT2D eigenvalue weighted by atomic mass is 35.5. The van der Waals surface area contributed by atoms with Crippen LogP contribution in [-0.4, -0.2) is 25.0 Å². The summed E-state index contributed by atoms with van der Waals surface area (Å²) in [6.07, 6.45) is 0. The molecule has 0 unspecified atom stereocenters. The van der Waals surface area contributed by atoms with Crippen LogP contribution in [0.25, 0.3) is 0 Å². The van der Waals surface area contributed by atoms with Gasteiger partial charge in [0.15, 0.2) is 0 Å². The minimum Gasteiger partial charge on any atom is -0.615 e. The molecule has 1 aromatic heterocycles. The number of pyridine rings is 1. The number of carbonyl (C=O) groups is 1. The molecule has 0 aliphatic rings. The van der Waals surface area contributed by atoms with Gasteiger partial charge in [-0.05, 0) is 41.9 Å². The zero-order valence-electron chi connectivity index (χ0n) is 11.5. The first-order chi connectivity index (χ1) is 9.97. The van der Waals surface area contributed by atoms with Crippen LogP contribution in [0.15, 0.2) is 42.5 Å². The summed E-state index contributed by atoms with van der Waals surface area (Å²) in [7, 11) is 3.30. The van der Waals surface area contributed by atoms with E-state index in [4.69, 9.17) is 16.3 Å². The van der Waals surface area contributed by atoms with Crippen LogP contribution in [0.3, 0.4) is 0 Å². The number of hydrogen-bond donors (Lipinski definition) is 1. The number of nitrogens with one attached hydrogen (secondary N) is 1. The SMILES string of the molecule is CN(C)C(=O)Nc1ccc(Oc2cccc(Cl)[n+]2[O-])cc1. The molecule has 21 heavy (non-hydrogen) atoms. The Morgan fingerprint density at radius 2 is 1.90 bits per heavy atom. The van der Waals surface area contributed by atoms with Crippen LogP contribution in [0.5, 0.6) is 11.6 Å². The Morgan fingerprint density at radius 1 is 1.24 bits per heavy atom. The Morgan fingerprint density at radius 3 is 2.52 bits per heavy atom. The third-order valence-corrected chi connectivity index (χ3v) is 2.88. The number of benzene rings is 1. The lowest BCUT2D eigenvalue weighted by Crippen LogP contribution is -2.29. The molecule has 6 nitrogen and oxygen atoms in total. The number of carbonyl (C=O) groups excluding carboxylic acids is 1. The molecule has 0 spiro atoms. The Balaban J connectivity index is 2.09. The summed E-state index contributed by atoms with van der Waals surface area (Å²) in [5, 5.41) is 14.4. The summed E-state index contributed by atoms with van der Waals surface area (Å²) in [5.74, 6) is 0.539. The van der Waals surface area contributed by atoms with E-state index in [1.165, 1.54) is 17.0 Å². The van der Waals surface area contributed by atoms with Crippen LogP contribution < -0.4 is 14.8 Å². The third-order valence-electron chi connectivity index (χ3n) is 2.60. The molecule has 1 N–H and O–H groups in total. The van der Waals surface area contributed by atoms with E-state index in [-0.39, 0.29) is 17.1 Å². The standard InChI is InChI=1S/C14H14ClN3O3/c1-17(2)14(19)16-10-6-8-11(9-7-10)21-13-5-3-4-12(15)18(13)20/h3-9H,1-2H3,(H,16,19). The van der Waals surface area contributed by atoms with Crippen molar-refractivity contribution < 1.29 is 14.3 Å². The Hall–Kier alpha value is -2.47. The van der Waals surface area contributed by atoms with Gasteiger partial charge in [-0.1, -0.05) is 0 Å². The fourth-order valence-electron chi connectivity index (χ4n) is 1.49. The number of nitrogens with zero attached hydrogens (tertiary/aromatic N) is 2. The zero-order valence-corrected chi connectivity index (χ0v) is 12.3. The van der Waals surface area contributed by atoms with Crippen molar-refractivity contribution in [2.24, 2.45) is 0 Å². The smallest absolute Gasteiger partial charge is 0.386 e. The minimum atomic E-state index is -0.226. The molecule has 0 fully saturated rings. The highest BCUT2D eigenvalue weighted by Crippen LogP contribution is 2.21. The first-order valence-electron chi connectivity index (χ1n) is 6.11. The molecule has 2 aromatic rings. The van der Waals surface area contributed by atoms with Gasteiger partial charge >= 0.3 is 11.9 Å². The minimum absolute atomic E-state index is 0.0300. The highest BCUT2D eigenvalue weighted by molar-refractivity contribution is 6.28. The van der Waals surface area contributed by atoms with Crippen LogP contribution in [0.2, 0.25) is 5.15 Å². The fourth-order valence-corrected chi connectivity index (χ4v) is 1.64. The number of aromatic nitrogens is 1. The van der Waals surface area contributed by atoms with E-state index in [9.17, 15) is 10.0 Å².